The number of aromatic nitrogens is 4. The van der Waals surface area contributed by atoms with Gasteiger partial charge in [0, 0.05) is 18.3 Å². The number of nitrogens with two attached hydrogens (primary N) is 1. The van der Waals surface area contributed by atoms with Crippen LogP contribution in [-0.2, 0) is 0 Å². The minimum Gasteiger partial charge on any atom is -0.388 e. The van der Waals surface area contributed by atoms with Crippen molar-refractivity contribution < 1.29 is 0 Å². The first-order valence-electron chi connectivity index (χ1n) is 5.53. The van der Waals surface area contributed by atoms with Crippen LogP contribution >= 0.6 is 0 Å². The minimum atomic E-state index is 0.403. The van der Waals surface area contributed by atoms with Gasteiger partial charge in [0.1, 0.15) is 17.7 Å². The number of nitrogen functional groups attached to an aromatic ring is 1. The summed E-state index contributed by atoms with van der Waals surface area (Å²) in [7, 11) is 1.87. The van der Waals surface area contributed by atoms with Gasteiger partial charge in [-0.2, -0.15) is 0 Å². The highest BCUT2D eigenvalue weighted by molar-refractivity contribution is 5.86. The number of imidazole rings is 1. The Hall–Kier alpha value is -2.63. The van der Waals surface area contributed by atoms with Crippen LogP contribution in [0.25, 0.3) is 22.6 Å². The van der Waals surface area contributed by atoms with Gasteiger partial charge in [0.05, 0.1) is 0 Å². The molecule has 2 heterocycles. The molecular formula is C12H12N6. The second-order valence-electron chi connectivity index (χ2n) is 3.84. The van der Waals surface area contributed by atoms with Crippen molar-refractivity contribution >= 4 is 22.7 Å². The Kier molecular flexibility index (Phi) is 2.33. The predicted octanol–water partition coefficient (Wildman–Crippen LogP) is 1.64. The minimum absolute atomic E-state index is 0.403. The van der Waals surface area contributed by atoms with Crippen LogP contribution in [0, 0.1) is 0 Å². The monoisotopic (exact) mass is 240 g/mol. The highest BCUT2D eigenvalue weighted by Crippen LogP contribution is 2.27. The van der Waals surface area contributed by atoms with Gasteiger partial charge in [0.25, 0.3) is 0 Å². The van der Waals surface area contributed by atoms with Gasteiger partial charge < -0.3 is 16.0 Å². The van der Waals surface area contributed by atoms with Gasteiger partial charge in [0.2, 0.25) is 0 Å². The molecule has 0 saturated carbocycles. The number of rotatable bonds is 2. The second kappa shape index (κ2) is 3.99. The van der Waals surface area contributed by atoms with Crippen LogP contribution in [0.15, 0.2) is 30.6 Å². The van der Waals surface area contributed by atoms with Gasteiger partial charge in [-0.05, 0) is 12.1 Å². The summed E-state index contributed by atoms with van der Waals surface area (Å²) in [5.41, 5.74) is 8.98. The highest BCUT2D eigenvalue weighted by atomic mass is 15.0. The van der Waals surface area contributed by atoms with E-state index in [4.69, 9.17) is 5.73 Å². The molecule has 0 bridgehead atoms. The summed E-state index contributed by atoms with van der Waals surface area (Å²) in [6.07, 6.45) is 1.41. The molecule has 18 heavy (non-hydrogen) atoms. The summed E-state index contributed by atoms with van der Waals surface area (Å²) in [5.74, 6) is 1.13. The maximum atomic E-state index is 5.78. The largest absolute Gasteiger partial charge is 0.388 e. The van der Waals surface area contributed by atoms with Crippen molar-refractivity contribution in [3.63, 3.8) is 0 Å². The van der Waals surface area contributed by atoms with E-state index in [9.17, 15) is 0 Å². The van der Waals surface area contributed by atoms with E-state index in [2.05, 4.69) is 25.3 Å². The summed E-state index contributed by atoms with van der Waals surface area (Å²) in [4.78, 5) is 15.6. The van der Waals surface area contributed by atoms with Gasteiger partial charge >= 0.3 is 0 Å². The molecule has 1 aromatic carbocycles. The molecule has 0 aliphatic carbocycles. The summed E-state index contributed by atoms with van der Waals surface area (Å²) in [6, 6.07) is 7.88. The zero-order valence-corrected chi connectivity index (χ0v) is 9.81. The Labute approximate surface area is 103 Å². The molecule has 90 valence electrons. The van der Waals surface area contributed by atoms with Crippen molar-refractivity contribution in [2.75, 3.05) is 18.1 Å². The summed E-state index contributed by atoms with van der Waals surface area (Å²) in [5, 5.41) is 3.13. The highest BCUT2D eigenvalue weighted by Gasteiger charge is 2.11. The molecule has 0 saturated heterocycles. The number of fused-ring (bicyclic) bond motifs is 1. The molecule has 0 atom stereocenters. The number of para-hydroxylation sites is 1. The average molecular weight is 240 g/mol. The van der Waals surface area contributed by atoms with Gasteiger partial charge in [0.15, 0.2) is 11.5 Å². The van der Waals surface area contributed by atoms with Gasteiger partial charge in [-0.25, -0.2) is 15.0 Å². The fourth-order valence-corrected chi connectivity index (χ4v) is 1.88. The van der Waals surface area contributed by atoms with E-state index in [0.29, 0.717) is 17.0 Å². The summed E-state index contributed by atoms with van der Waals surface area (Å²) < 4.78 is 0. The maximum absolute atomic E-state index is 5.78. The van der Waals surface area contributed by atoms with Crippen LogP contribution in [0.3, 0.4) is 0 Å². The Morgan fingerprint density at radius 3 is 2.83 bits per heavy atom. The number of nitrogens with one attached hydrogen (secondary N) is 2. The quantitative estimate of drug-likeness (QED) is 0.633. The molecule has 0 fully saturated rings. The third-order valence-corrected chi connectivity index (χ3v) is 2.77. The molecular weight excluding hydrogens is 228 g/mol. The zero-order chi connectivity index (χ0) is 12.5. The molecule has 0 aliphatic rings. The van der Waals surface area contributed by atoms with Crippen LogP contribution in [0.4, 0.5) is 11.5 Å². The Bertz CT molecular complexity index is 703. The maximum Gasteiger partial charge on any atom is 0.183 e. The summed E-state index contributed by atoms with van der Waals surface area (Å²) >= 11 is 0. The summed E-state index contributed by atoms with van der Waals surface area (Å²) in [6.45, 7) is 0. The van der Waals surface area contributed by atoms with Crippen molar-refractivity contribution in [3.8, 4) is 11.4 Å². The van der Waals surface area contributed by atoms with Crippen LogP contribution < -0.4 is 11.1 Å². The van der Waals surface area contributed by atoms with Crippen molar-refractivity contribution in [1.29, 1.82) is 0 Å². The fraction of sp³-hybridized carbons (Fsp3) is 0.0833. The van der Waals surface area contributed by atoms with Crippen molar-refractivity contribution in [1.82, 2.24) is 19.9 Å². The van der Waals surface area contributed by atoms with Crippen LogP contribution in [0.1, 0.15) is 0 Å². The Morgan fingerprint density at radius 2 is 2.06 bits per heavy atom. The van der Waals surface area contributed by atoms with E-state index >= 15 is 0 Å². The molecule has 0 spiro atoms. The second-order valence-corrected chi connectivity index (χ2v) is 3.84. The van der Waals surface area contributed by atoms with Crippen LogP contribution in [0.5, 0.6) is 0 Å². The number of aromatic amines is 1. The van der Waals surface area contributed by atoms with E-state index < -0.39 is 0 Å². The molecule has 6 nitrogen and oxygen atoms in total. The van der Waals surface area contributed by atoms with Crippen LogP contribution in [0.2, 0.25) is 0 Å². The number of hydrogen-bond acceptors (Lipinski definition) is 5. The molecule has 0 unspecified atom stereocenters. The van der Waals surface area contributed by atoms with E-state index in [-0.39, 0.29) is 0 Å². The SMILES string of the molecule is CNc1ccccc1-c1nc2ncnc(N)c2[nH]1. The van der Waals surface area contributed by atoms with Gasteiger partial charge in [-0.1, -0.05) is 12.1 Å². The van der Waals surface area contributed by atoms with E-state index in [1.165, 1.54) is 6.33 Å². The molecule has 0 radical (unpaired) electrons. The standard InChI is InChI=1S/C12H12N6/c1-14-8-5-3-2-4-7(8)11-17-9-10(13)15-6-16-12(9)18-11/h2-6,14H,1H3,(H3,13,15,16,17,18). The predicted molar refractivity (Wildman–Crippen MR) is 71.1 cm³/mol. The lowest BCUT2D eigenvalue weighted by molar-refractivity contribution is 1.21. The van der Waals surface area contributed by atoms with Crippen LogP contribution in [-0.4, -0.2) is 27.0 Å². The normalized spacial score (nSPS) is 10.7. The lowest BCUT2D eigenvalue weighted by atomic mass is 10.1. The lowest BCUT2D eigenvalue weighted by Crippen LogP contribution is -1.92. The fourth-order valence-electron chi connectivity index (χ4n) is 1.88. The van der Waals surface area contributed by atoms with E-state index in [1.54, 1.807) is 0 Å². The number of anilines is 2. The van der Waals surface area contributed by atoms with Gasteiger partial charge in [-0.3, -0.25) is 0 Å². The molecule has 0 amide bonds. The molecule has 6 heteroatoms. The van der Waals surface area contributed by atoms with E-state index in [1.807, 2.05) is 31.3 Å². The van der Waals surface area contributed by atoms with Crippen molar-refractivity contribution in [2.24, 2.45) is 0 Å². The molecule has 3 rings (SSSR count). The van der Waals surface area contributed by atoms with E-state index in [0.717, 1.165) is 17.1 Å². The number of H-pyrrole nitrogens is 1. The number of hydrogen-bond donors (Lipinski definition) is 3. The zero-order valence-electron chi connectivity index (χ0n) is 9.81. The average Bonchev–Trinajstić information content (AvgIpc) is 2.84. The first kappa shape index (κ1) is 10.5. The van der Waals surface area contributed by atoms with Crippen molar-refractivity contribution in [3.05, 3.63) is 30.6 Å². The third kappa shape index (κ3) is 1.55. The number of nitrogens with zero attached hydrogens (tertiary/aromatic N) is 3. The molecule has 2 aromatic heterocycles. The smallest absolute Gasteiger partial charge is 0.183 e. The Morgan fingerprint density at radius 1 is 1.22 bits per heavy atom. The van der Waals surface area contributed by atoms with Gasteiger partial charge in [-0.15, -0.1) is 0 Å². The first-order chi connectivity index (χ1) is 8.79. The number of benzene rings is 1. The topological polar surface area (TPSA) is 92.5 Å². The van der Waals surface area contributed by atoms with Crippen molar-refractivity contribution in [2.45, 2.75) is 0 Å². The molecule has 0 aliphatic heterocycles. The molecule has 4 N–H and O–H groups in total. The Balaban J connectivity index is 2.23. The lowest BCUT2D eigenvalue weighted by Gasteiger charge is -2.05. The molecule has 3 aromatic rings. The first-order valence-corrected chi connectivity index (χ1v) is 5.53. The third-order valence-electron chi connectivity index (χ3n) is 2.77.